The van der Waals surface area contributed by atoms with Gasteiger partial charge in [-0.1, -0.05) is 24.3 Å². The highest BCUT2D eigenvalue weighted by molar-refractivity contribution is 6.09. The molecule has 1 aliphatic heterocycles. The van der Waals surface area contributed by atoms with Gasteiger partial charge < -0.3 is 10.2 Å². The highest BCUT2D eigenvalue weighted by Gasteiger charge is 2.17. The third-order valence-corrected chi connectivity index (χ3v) is 3.45. The number of aromatic nitrogens is 1. The minimum atomic E-state index is -0.177. The first-order valence-electron chi connectivity index (χ1n) is 6.77. The summed E-state index contributed by atoms with van der Waals surface area (Å²) in [6.07, 6.45) is 1.54. The van der Waals surface area contributed by atoms with Gasteiger partial charge in [-0.25, -0.2) is 15.8 Å². The maximum Gasteiger partial charge on any atom is 0.267 e. The Bertz CT molecular complexity index is 655. The van der Waals surface area contributed by atoms with Crippen LogP contribution in [0.2, 0.25) is 0 Å². The van der Waals surface area contributed by atoms with E-state index in [1.54, 1.807) is 0 Å². The van der Waals surface area contributed by atoms with Crippen molar-refractivity contribution < 1.29 is 9.53 Å². The third kappa shape index (κ3) is 2.80. The van der Waals surface area contributed by atoms with Crippen molar-refractivity contribution in [3.8, 4) is 0 Å². The van der Waals surface area contributed by atoms with E-state index in [1.807, 2.05) is 29.3 Å². The number of carbonyl (C=O) groups is 1. The van der Waals surface area contributed by atoms with Crippen LogP contribution in [0.3, 0.4) is 0 Å². The van der Waals surface area contributed by atoms with E-state index in [4.69, 9.17) is 10.6 Å². The number of anilines is 1. The Balaban J connectivity index is 1.91. The summed E-state index contributed by atoms with van der Waals surface area (Å²) in [5, 5.41) is 3.48. The highest BCUT2D eigenvalue weighted by Crippen LogP contribution is 2.23. The average Bonchev–Trinajstić information content (AvgIpc) is 2.54. The molecule has 0 unspecified atom stereocenters. The third-order valence-electron chi connectivity index (χ3n) is 3.45. The van der Waals surface area contributed by atoms with E-state index in [2.05, 4.69) is 15.8 Å². The van der Waals surface area contributed by atoms with Crippen molar-refractivity contribution in [1.29, 1.82) is 0 Å². The van der Waals surface area contributed by atoms with Crippen LogP contribution in [0.15, 0.2) is 30.5 Å². The molecule has 4 N–H and O–H groups in total. The Labute approximate surface area is 122 Å². The number of rotatable bonds is 3. The molecule has 3 rings (SSSR count). The number of carbonyl (C=O) groups excluding carboxylic acids is 1. The highest BCUT2D eigenvalue weighted by atomic mass is 16.5. The zero-order valence-corrected chi connectivity index (χ0v) is 11.5. The minimum absolute atomic E-state index is 0.177. The quantitative estimate of drug-likeness (QED) is 0.562. The Morgan fingerprint density at radius 2 is 1.95 bits per heavy atom. The minimum Gasteiger partial charge on any atom is -0.379 e. The molecule has 1 amide bonds. The zero-order valence-electron chi connectivity index (χ0n) is 11.5. The van der Waals surface area contributed by atoms with Crippen LogP contribution >= 0.6 is 0 Å². The number of nitrogens with zero attached hydrogens (tertiary/aromatic N) is 2. The first kappa shape index (κ1) is 13.7. The molecule has 1 saturated heterocycles. The number of nitrogens with two attached hydrogens (primary N) is 1. The number of morpholine rings is 1. The molecular weight excluding hydrogens is 270 g/mol. The molecule has 0 saturated carbocycles. The van der Waals surface area contributed by atoms with Gasteiger partial charge in [-0.05, 0) is 5.39 Å². The number of ether oxygens (including phenoxy) is 1. The van der Waals surface area contributed by atoms with Crippen LogP contribution in [-0.4, -0.2) is 42.2 Å². The van der Waals surface area contributed by atoms with Crippen molar-refractivity contribution in [1.82, 2.24) is 15.4 Å². The van der Waals surface area contributed by atoms with Crippen LogP contribution in [-0.2, 0) is 4.74 Å². The lowest BCUT2D eigenvalue weighted by molar-refractivity contribution is 0.0126. The summed E-state index contributed by atoms with van der Waals surface area (Å²) in [5.74, 6) is 5.83. The van der Waals surface area contributed by atoms with Crippen molar-refractivity contribution in [2.75, 3.05) is 31.7 Å². The van der Waals surface area contributed by atoms with Crippen molar-refractivity contribution in [3.05, 3.63) is 36.0 Å². The summed E-state index contributed by atoms with van der Waals surface area (Å²) in [7, 11) is 0. The van der Waals surface area contributed by atoms with Crippen molar-refractivity contribution >= 4 is 22.5 Å². The van der Waals surface area contributed by atoms with E-state index in [0.717, 1.165) is 10.8 Å². The molecule has 2 heterocycles. The molecule has 7 heteroatoms. The van der Waals surface area contributed by atoms with Crippen molar-refractivity contribution in [2.45, 2.75) is 0 Å². The van der Waals surface area contributed by atoms with Gasteiger partial charge in [0, 0.05) is 24.7 Å². The predicted molar refractivity (Wildman–Crippen MR) is 79.4 cm³/mol. The fraction of sp³-hybridized carbons (Fsp3) is 0.286. The molecule has 0 spiro atoms. The number of nitrogens with one attached hydrogen (secondary N) is 2. The first-order chi connectivity index (χ1) is 10.3. The summed E-state index contributed by atoms with van der Waals surface area (Å²) in [6.45, 7) is 2.60. The smallest absolute Gasteiger partial charge is 0.267 e. The second-order valence-electron chi connectivity index (χ2n) is 4.75. The van der Waals surface area contributed by atoms with E-state index < -0.39 is 0 Å². The van der Waals surface area contributed by atoms with E-state index in [0.29, 0.717) is 37.7 Å². The molecule has 1 aromatic carbocycles. The number of hydrogen-bond acceptors (Lipinski definition) is 6. The molecule has 1 aliphatic rings. The second kappa shape index (κ2) is 6.04. The number of hydrogen-bond donors (Lipinski definition) is 3. The van der Waals surface area contributed by atoms with Crippen LogP contribution in [0.1, 0.15) is 10.4 Å². The normalized spacial score (nSPS) is 15.9. The Hall–Kier alpha value is -2.22. The Morgan fingerprint density at radius 3 is 2.67 bits per heavy atom. The number of fused-ring (bicyclic) bond motifs is 1. The Morgan fingerprint density at radius 1 is 1.24 bits per heavy atom. The molecule has 1 aromatic heterocycles. The van der Waals surface area contributed by atoms with Gasteiger partial charge >= 0.3 is 0 Å². The van der Waals surface area contributed by atoms with Crippen LogP contribution in [0.25, 0.3) is 10.8 Å². The SMILES string of the molecule is NNc1ncc(C(=O)NN2CCOCC2)c2ccccc12. The van der Waals surface area contributed by atoms with Crippen molar-refractivity contribution in [3.63, 3.8) is 0 Å². The molecule has 1 fully saturated rings. The lowest BCUT2D eigenvalue weighted by atomic mass is 10.1. The Kier molecular flexibility index (Phi) is 3.96. The molecule has 21 heavy (non-hydrogen) atoms. The summed E-state index contributed by atoms with van der Waals surface area (Å²) in [5.41, 5.74) is 5.96. The standard InChI is InChI=1S/C14H17N5O2/c15-17-13-11-4-2-1-3-10(11)12(9-16-13)14(20)18-19-5-7-21-8-6-19/h1-4,9H,5-8,15H2,(H,16,17)(H,18,20). The molecule has 2 aromatic rings. The molecule has 0 atom stereocenters. The number of benzene rings is 1. The topological polar surface area (TPSA) is 92.5 Å². The van der Waals surface area contributed by atoms with Gasteiger partial charge in [0.25, 0.3) is 5.91 Å². The lowest BCUT2D eigenvalue weighted by Gasteiger charge is -2.27. The molecule has 7 nitrogen and oxygen atoms in total. The number of hydrazine groups is 2. The van der Waals surface area contributed by atoms with Crippen molar-refractivity contribution in [2.24, 2.45) is 5.84 Å². The molecule has 0 radical (unpaired) electrons. The monoisotopic (exact) mass is 287 g/mol. The second-order valence-corrected chi connectivity index (χ2v) is 4.75. The van der Waals surface area contributed by atoms with Crippen LogP contribution < -0.4 is 16.7 Å². The fourth-order valence-corrected chi connectivity index (χ4v) is 2.37. The van der Waals surface area contributed by atoms with E-state index in [9.17, 15) is 4.79 Å². The number of amides is 1. The lowest BCUT2D eigenvalue weighted by Crippen LogP contribution is -2.48. The molecule has 0 aliphatic carbocycles. The first-order valence-corrected chi connectivity index (χ1v) is 6.77. The van der Waals surface area contributed by atoms with Crippen LogP contribution in [0.4, 0.5) is 5.82 Å². The largest absolute Gasteiger partial charge is 0.379 e. The van der Waals surface area contributed by atoms with E-state index in [-0.39, 0.29) is 5.91 Å². The van der Waals surface area contributed by atoms with Gasteiger partial charge in [0.05, 0.1) is 18.8 Å². The number of pyridine rings is 1. The predicted octanol–water partition coefficient (Wildman–Crippen LogP) is 0.497. The fourth-order valence-electron chi connectivity index (χ4n) is 2.37. The zero-order chi connectivity index (χ0) is 14.7. The van der Waals surface area contributed by atoms with Gasteiger partial charge in [-0.2, -0.15) is 0 Å². The average molecular weight is 287 g/mol. The van der Waals surface area contributed by atoms with Gasteiger partial charge in [0.2, 0.25) is 0 Å². The van der Waals surface area contributed by atoms with E-state index in [1.165, 1.54) is 6.20 Å². The van der Waals surface area contributed by atoms with Gasteiger partial charge in [0.15, 0.2) is 0 Å². The summed E-state index contributed by atoms with van der Waals surface area (Å²) in [6, 6.07) is 7.53. The van der Waals surface area contributed by atoms with Crippen LogP contribution in [0.5, 0.6) is 0 Å². The van der Waals surface area contributed by atoms with Gasteiger partial charge in [0.1, 0.15) is 5.82 Å². The molecular formula is C14H17N5O2. The summed E-state index contributed by atoms with van der Waals surface area (Å²) < 4.78 is 5.26. The van der Waals surface area contributed by atoms with Gasteiger partial charge in [-0.15, -0.1) is 0 Å². The van der Waals surface area contributed by atoms with Crippen LogP contribution in [0, 0.1) is 0 Å². The summed E-state index contributed by atoms with van der Waals surface area (Å²) >= 11 is 0. The van der Waals surface area contributed by atoms with Gasteiger partial charge in [-0.3, -0.25) is 10.2 Å². The van der Waals surface area contributed by atoms with E-state index >= 15 is 0 Å². The maximum absolute atomic E-state index is 12.4. The number of nitrogen functional groups attached to an aromatic ring is 1. The maximum atomic E-state index is 12.4. The summed E-state index contributed by atoms with van der Waals surface area (Å²) in [4.78, 5) is 16.6. The molecule has 0 bridgehead atoms. The molecule has 110 valence electrons.